The minimum atomic E-state index is -3.85. The summed E-state index contributed by atoms with van der Waals surface area (Å²) < 4.78 is 33.2. The van der Waals surface area contributed by atoms with Gasteiger partial charge in [0.05, 0.1) is 12.0 Å². The summed E-state index contributed by atoms with van der Waals surface area (Å²) in [5, 5.41) is 11.8. The van der Waals surface area contributed by atoms with Crippen LogP contribution in [0.4, 0.5) is 5.13 Å². The Labute approximate surface area is 185 Å². The minimum Gasteiger partial charge on any atom is -0.497 e. The monoisotopic (exact) mass is 460 g/mol. The maximum atomic E-state index is 12.9. The maximum absolute atomic E-state index is 12.9. The summed E-state index contributed by atoms with van der Waals surface area (Å²) in [4.78, 5) is 13.0. The molecule has 2 atom stereocenters. The zero-order valence-electron chi connectivity index (χ0n) is 17.4. The number of benzene rings is 2. The third-order valence-electron chi connectivity index (χ3n) is 4.82. The van der Waals surface area contributed by atoms with Crippen molar-refractivity contribution in [3.8, 4) is 16.3 Å². The van der Waals surface area contributed by atoms with E-state index in [0.29, 0.717) is 16.6 Å². The van der Waals surface area contributed by atoms with Gasteiger partial charge in [0.15, 0.2) is 0 Å². The molecule has 0 aliphatic rings. The fourth-order valence-electron chi connectivity index (χ4n) is 2.81. The lowest BCUT2D eigenvalue weighted by Crippen LogP contribution is -2.47. The number of ether oxygens (including phenoxy) is 1. The molecule has 1 heterocycles. The lowest BCUT2D eigenvalue weighted by Gasteiger charge is -2.22. The van der Waals surface area contributed by atoms with Crippen molar-refractivity contribution in [2.24, 2.45) is 5.92 Å². The number of hydrogen-bond acceptors (Lipinski definition) is 7. The third-order valence-corrected chi connectivity index (χ3v) is 7.17. The number of amides is 1. The number of hydrogen-bond donors (Lipinski definition) is 2. The molecule has 0 saturated heterocycles. The van der Waals surface area contributed by atoms with Crippen LogP contribution in [0.25, 0.3) is 10.6 Å². The van der Waals surface area contributed by atoms with Gasteiger partial charge in [0, 0.05) is 5.56 Å². The number of sulfonamides is 1. The molecule has 0 fully saturated rings. The van der Waals surface area contributed by atoms with Gasteiger partial charge in [-0.2, -0.15) is 4.72 Å². The lowest BCUT2D eigenvalue weighted by molar-refractivity contribution is -0.118. The molecule has 0 bridgehead atoms. The summed E-state index contributed by atoms with van der Waals surface area (Å²) >= 11 is 1.21. The van der Waals surface area contributed by atoms with Crippen LogP contribution >= 0.6 is 11.3 Å². The van der Waals surface area contributed by atoms with E-state index in [1.165, 1.54) is 23.5 Å². The second kappa shape index (κ2) is 9.99. The van der Waals surface area contributed by atoms with Crippen molar-refractivity contribution in [2.75, 3.05) is 12.4 Å². The first-order chi connectivity index (χ1) is 14.8. The molecule has 0 spiro atoms. The molecule has 2 unspecified atom stereocenters. The van der Waals surface area contributed by atoms with Crippen LogP contribution in [-0.4, -0.2) is 37.7 Å². The van der Waals surface area contributed by atoms with Crippen molar-refractivity contribution in [1.29, 1.82) is 0 Å². The highest BCUT2D eigenvalue weighted by molar-refractivity contribution is 7.89. The first-order valence-corrected chi connectivity index (χ1v) is 12.0. The van der Waals surface area contributed by atoms with E-state index >= 15 is 0 Å². The Hall–Kier alpha value is -2.82. The zero-order valence-corrected chi connectivity index (χ0v) is 19.0. The normalized spacial score (nSPS) is 13.4. The van der Waals surface area contributed by atoms with Gasteiger partial charge in [-0.15, -0.1) is 10.2 Å². The number of rotatable bonds is 9. The van der Waals surface area contributed by atoms with Gasteiger partial charge in [0.25, 0.3) is 0 Å². The van der Waals surface area contributed by atoms with Crippen LogP contribution in [-0.2, 0) is 14.8 Å². The summed E-state index contributed by atoms with van der Waals surface area (Å²) in [6, 6.07) is 14.3. The zero-order chi connectivity index (χ0) is 22.4. The van der Waals surface area contributed by atoms with Crippen LogP contribution in [0.5, 0.6) is 5.75 Å². The van der Waals surface area contributed by atoms with Crippen molar-refractivity contribution >= 4 is 32.4 Å². The van der Waals surface area contributed by atoms with Gasteiger partial charge in [-0.1, -0.05) is 49.8 Å². The van der Waals surface area contributed by atoms with Crippen LogP contribution in [0.3, 0.4) is 0 Å². The Morgan fingerprint density at radius 2 is 1.77 bits per heavy atom. The summed E-state index contributed by atoms with van der Waals surface area (Å²) in [7, 11) is -2.26. The largest absolute Gasteiger partial charge is 0.497 e. The first-order valence-electron chi connectivity index (χ1n) is 9.70. The van der Waals surface area contributed by atoms with E-state index in [2.05, 4.69) is 20.2 Å². The van der Waals surface area contributed by atoms with E-state index in [-0.39, 0.29) is 10.8 Å². The second-order valence-corrected chi connectivity index (χ2v) is 9.62. The average molecular weight is 461 g/mol. The summed E-state index contributed by atoms with van der Waals surface area (Å²) in [5.74, 6) is 0.0163. The summed E-state index contributed by atoms with van der Waals surface area (Å²) in [5.41, 5.74) is 0.835. The van der Waals surface area contributed by atoms with Gasteiger partial charge in [-0.25, -0.2) is 8.42 Å². The van der Waals surface area contributed by atoms with Gasteiger partial charge in [-0.3, -0.25) is 10.1 Å². The molecule has 0 saturated carbocycles. The van der Waals surface area contributed by atoms with E-state index in [1.54, 1.807) is 25.3 Å². The van der Waals surface area contributed by atoms with Gasteiger partial charge in [0.1, 0.15) is 16.8 Å². The molecule has 1 amide bonds. The average Bonchev–Trinajstić information content (AvgIpc) is 3.26. The molecule has 164 valence electrons. The predicted molar refractivity (Wildman–Crippen MR) is 121 cm³/mol. The van der Waals surface area contributed by atoms with E-state index in [1.807, 2.05) is 38.1 Å². The molecule has 1 aromatic heterocycles. The molecular weight excluding hydrogens is 436 g/mol. The summed E-state index contributed by atoms with van der Waals surface area (Å²) in [6.07, 6.45) is 0.614. The predicted octanol–water partition coefficient (Wildman–Crippen LogP) is 3.55. The van der Waals surface area contributed by atoms with Crippen LogP contribution in [0.1, 0.15) is 20.3 Å². The smallest absolute Gasteiger partial charge is 0.244 e. The van der Waals surface area contributed by atoms with Gasteiger partial charge in [0.2, 0.25) is 21.1 Å². The lowest BCUT2D eigenvalue weighted by atomic mass is 9.99. The topological polar surface area (TPSA) is 110 Å². The Balaban J connectivity index is 1.76. The number of nitrogens with one attached hydrogen (secondary N) is 2. The Bertz CT molecular complexity index is 1120. The molecule has 0 aliphatic carbocycles. The van der Waals surface area contributed by atoms with E-state index in [4.69, 9.17) is 4.74 Å². The van der Waals surface area contributed by atoms with Crippen LogP contribution < -0.4 is 14.8 Å². The van der Waals surface area contributed by atoms with Crippen molar-refractivity contribution in [2.45, 2.75) is 31.2 Å². The fourth-order valence-corrected chi connectivity index (χ4v) is 4.88. The van der Waals surface area contributed by atoms with Gasteiger partial charge in [-0.05, 0) is 42.3 Å². The number of aromatic nitrogens is 2. The maximum Gasteiger partial charge on any atom is 0.244 e. The van der Waals surface area contributed by atoms with Crippen LogP contribution in [0, 0.1) is 5.92 Å². The van der Waals surface area contributed by atoms with E-state index in [9.17, 15) is 13.2 Å². The standard InChI is InChI=1S/C21H24N4O4S2/c1-4-14(2)18(25-31(27,28)17-8-6-5-7-9-17)19(26)22-21-24-23-20(30-21)15-10-12-16(29-3)13-11-15/h5-14,18,25H,4H2,1-3H3,(H,22,24,26). The van der Waals surface area contributed by atoms with Crippen molar-refractivity contribution < 1.29 is 17.9 Å². The minimum absolute atomic E-state index is 0.105. The van der Waals surface area contributed by atoms with Crippen molar-refractivity contribution in [3.05, 3.63) is 54.6 Å². The Morgan fingerprint density at radius 1 is 1.10 bits per heavy atom. The van der Waals surface area contributed by atoms with Crippen LogP contribution in [0.2, 0.25) is 0 Å². The number of nitrogens with zero attached hydrogens (tertiary/aromatic N) is 2. The first kappa shape index (κ1) is 22.9. The molecule has 2 N–H and O–H groups in total. The quantitative estimate of drug-likeness (QED) is 0.505. The number of anilines is 1. The van der Waals surface area contributed by atoms with Gasteiger partial charge < -0.3 is 4.74 Å². The molecule has 10 heteroatoms. The second-order valence-electron chi connectivity index (χ2n) is 6.93. The molecule has 0 aliphatic heterocycles. The molecule has 8 nitrogen and oxygen atoms in total. The Morgan fingerprint density at radius 3 is 2.39 bits per heavy atom. The van der Waals surface area contributed by atoms with Crippen molar-refractivity contribution in [1.82, 2.24) is 14.9 Å². The highest BCUT2D eigenvalue weighted by atomic mass is 32.2. The van der Waals surface area contributed by atoms with Gasteiger partial charge >= 0.3 is 0 Å². The Kier molecular flexibility index (Phi) is 7.37. The SMILES string of the molecule is CCC(C)C(NS(=O)(=O)c1ccccc1)C(=O)Nc1nnc(-c2ccc(OC)cc2)s1. The molecule has 31 heavy (non-hydrogen) atoms. The van der Waals surface area contributed by atoms with Crippen molar-refractivity contribution in [3.63, 3.8) is 0 Å². The third kappa shape index (κ3) is 5.66. The molecule has 3 aromatic rings. The summed E-state index contributed by atoms with van der Waals surface area (Å²) in [6.45, 7) is 3.72. The fraction of sp³-hybridized carbons (Fsp3) is 0.286. The molecular formula is C21H24N4O4S2. The molecule has 2 aromatic carbocycles. The molecule has 3 rings (SSSR count). The van der Waals surface area contributed by atoms with E-state index in [0.717, 1.165) is 11.3 Å². The highest BCUT2D eigenvalue weighted by Gasteiger charge is 2.30. The molecule has 0 radical (unpaired) electrons. The number of methoxy groups -OCH3 is 1. The number of carbonyl (C=O) groups is 1. The number of carbonyl (C=O) groups excluding carboxylic acids is 1. The van der Waals surface area contributed by atoms with E-state index < -0.39 is 22.0 Å². The highest BCUT2D eigenvalue weighted by Crippen LogP contribution is 2.28. The van der Waals surface area contributed by atoms with Crippen LogP contribution in [0.15, 0.2) is 59.5 Å².